The van der Waals surface area contributed by atoms with Crippen LogP contribution >= 0.6 is 0 Å². The first kappa shape index (κ1) is 17.1. The fraction of sp³-hybridized carbons (Fsp3) is 0.333. The molecule has 0 unspecified atom stereocenters. The number of anilines is 1. The van der Waals surface area contributed by atoms with Crippen molar-refractivity contribution in [1.82, 2.24) is 34.4 Å². The molecular weight excluding hydrogens is 344 g/mol. The van der Waals surface area contributed by atoms with Crippen molar-refractivity contribution in [3.05, 3.63) is 54.4 Å². The summed E-state index contributed by atoms with van der Waals surface area (Å²) in [5, 5.41) is 0. The molecule has 0 aromatic carbocycles. The largest absolute Gasteiger partial charge is 0.353 e. The van der Waals surface area contributed by atoms with E-state index in [1.54, 1.807) is 23.6 Å². The maximum absolute atomic E-state index is 12.6. The minimum Gasteiger partial charge on any atom is -0.353 e. The Bertz CT molecular complexity index is 944. The second kappa shape index (κ2) is 7.10. The van der Waals surface area contributed by atoms with Crippen molar-refractivity contribution in [1.29, 1.82) is 0 Å². The van der Waals surface area contributed by atoms with Crippen molar-refractivity contribution in [3.8, 4) is 5.82 Å². The molecule has 1 aliphatic heterocycles. The maximum atomic E-state index is 12.6. The summed E-state index contributed by atoms with van der Waals surface area (Å²) in [6.45, 7) is 6.39. The standard InChI is InChI=1S/C18H20N8O/c1-13-10-21-15(11-20-13)18(27)25-7-5-24(6-8-25)16-9-17(23-12-22-16)26-4-3-19-14(26)2/h3-4,9-12H,5-8H2,1-2H3. The van der Waals surface area contributed by atoms with Crippen LogP contribution in [0.4, 0.5) is 5.82 Å². The van der Waals surface area contributed by atoms with Gasteiger partial charge in [0.15, 0.2) is 0 Å². The summed E-state index contributed by atoms with van der Waals surface area (Å²) in [5.74, 6) is 2.41. The van der Waals surface area contributed by atoms with Crippen molar-refractivity contribution in [2.24, 2.45) is 0 Å². The van der Waals surface area contributed by atoms with Crippen LogP contribution in [0.25, 0.3) is 5.82 Å². The van der Waals surface area contributed by atoms with Gasteiger partial charge in [-0.25, -0.2) is 19.9 Å². The Labute approximate surface area is 156 Å². The third kappa shape index (κ3) is 3.48. The highest BCUT2D eigenvalue weighted by atomic mass is 16.2. The number of hydrogen-bond acceptors (Lipinski definition) is 7. The highest BCUT2D eigenvalue weighted by Gasteiger charge is 2.24. The zero-order valence-corrected chi connectivity index (χ0v) is 15.3. The lowest BCUT2D eigenvalue weighted by Crippen LogP contribution is -2.49. The van der Waals surface area contributed by atoms with E-state index >= 15 is 0 Å². The summed E-state index contributed by atoms with van der Waals surface area (Å²) in [7, 11) is 0. The molecule has 0 aliphatic carbocycles. The Hall–Kier alpha value is -3.36. The molecule has 4 heterocycles. The topological polar surface area (TPSA) is 92.9 Å². The maximum Gasteiger partial charge on any atom is 0.274 e. The van der Waals surface area contributed by atoms with Crippen molar-refractivity contribution in [2.75, 3.05) is 31.1 Å². The number of hydrogen-bond donors (Lipinski definition) is 0. The zero-order chi connectivity index (χ0) is 18.8. The number of imidazole rings is 1. The van der Waals surface area contributed by atoms with Gasteiger partial charge in [0, 0.05) is 50.8 Å². The third-order valence-corrected chi connectivity index (χ3v) is 4.60. The molecule has 1 saturated heterocycles. The predicted octanol–water partition coefficient (Wildman–Crippen LogP) is 1.03. The quantitative estimate of drug-likeness (QED) is 0.685. The van der Waals surface area contributed by atoms with E-state index in [4.69, 9.17) is 0 Å². The summed E-state index contributed by atoms with van der Waals surface area (Å²) in [6.07, 6.45) is 8.33. The van der Waals surface area contributed by atoms with Crippen molar-refractivity contribution >= 4 is 11.7 Å². The molecule has 27 heavy (non-hydrogen) atoms. The lowest BCUT2D eigenvalue weighted by molar-refractivity contribution is 0.0740. The van der Waals surface area contributed by atoms with E-state index in [1.807, 2.05) is 30.7 Å². The molecule has 0 saturated carbocycles. The van der Waals surface area contributed by atoms with Crippen LogP contribution in [0.15, 0.2) is 37.2 Å². The predicted molar refractivity (Wildman–Crippen MR) is 98.8 cm³/mol. The van der Waals surface area contributed by atoms with Gasteiger partial charge in [-0.3, -0.25) is 14.3 Å². The minimum absolute atomic E-state index is 0.0837. The molecule has 1 fully saturated rings. The smallest absolute Gasteiger partial charge is 0.274 e. The van der Waals surface area contributed by atoms with Crippen LogP contribution < -0.4 is 4.90 Å². The van der Waals surface area contributed by atoms with Crippen molar-refractivity contribution in [2.45, 2.75) is 13.8 Å². The van der Waals surface area contributed by atoms with Crippen molar-refractivity contribution < 1.29 is 4.79 Å². The normalized spacial score (nSPS) is 14.4. The van der Waals surface area contributed by atoms with Crippen LogP contribution in [0.5, 0.6) is 0 Å². The highest BCUT2D eigenvalue weighted by molar-refractivity contribution is 5.92. The van der Waals surface area contributed by atoms with E-state index in [2.05, 4.69) is 29.8 Å². The van der Waals surface area contributed by atoms with Gasteiger partial charge >= 0.3 is 0 Å². The molecule has 0 spiro atoms. The molecule has 0 N–H and O–H groups in total. The molecule has 9 nitrogen and oxygen atoms in total. The summed E-state index contributed by atoms with van der Waals surface area (Å²) < 4.78 is 1.92. The lowest BCUT2D eigenvalue weighted by Gasteiger charge is -2.35. The number of carbonyl (C=O) groups is 1. The molecular formula is C18H20N8O. The second-order valence-corrected chi connectivity index (χ2v) is 6.40. The number of nitrogens with zero attached hydrogens (tertiary/aromatic N) is 8. The van der Waals surface area contributed by atoms with Gasteiger partial charge in [-0.2, -0.15) is 0 Å². The van der Waals surface area contributed by atoms with Gasteiger partial charge < -0.3 is 9.80 Å². The molecule has 0 bridgehead atoms. The SMILES string of the molecule is Cc1cnc(C(=O)N2CCN(c3cc(-n4ccnc4C)ncn3)CC2)cn1. The van der Waals surface area contributed by atoms with Crippen LogP contribution in [0.3, 0.4) is 0 Å². The molecule has 3 aromatic heterocycles. The highest BCUT2D eigenvalue weighted by Crippen LogP contribution is 2.17. The van der Waals surface area contributed by atoms with Gasteiger partial charge in [0.1, 0.15) is 29.5 Å². The second-order valence-electron chi connectivity index (χ2n) is 6.40. The number of piperazine rings is 1. The molecule has 1 amide bonds. The minimum atomic E-state index is -0.0837. The van der Waals surface area contributed by atoms with Gasteiger partial charge in [0.25, 0.3) is 5.91 Å². The van der Waals surface area contributed by atoms with Crippen LogP contribution in [0, 0.1) is 13.8 Å². The van der Waals surface area contributed by atoms with E-state index in [0.717, 1.165) is 23.2 Å². The van der Waals surface area contributed by atoms with Crippen molar-refractivity contribution in [3.63, 3.8) is 0 Å². The van der Waals surface area contributed by atoms with E-state index in [0.29, 0.717) is 31.9 Å². The van der Waals surface area contributed by atoms with Crippen LogP contribution in [0.1, 0.15) is 22.0 Å². The average molecular weight is 364 g/mol. The molecule has 9 heteroatoms. The molecule has 3 aromatic rings. The van der Waals surface area contributed by atoms with Gasteiger partial charge in [-0.15, -0.1) is 0 Å². The summed E-state index contributed by atoms with van der Waals surface area (Å²) in [5.41, 5.74) is 1.18. The first-order chi connectivity index (χ1) is 13.1. The van der Waals surface area contributed by atoms with E-state index in [-0.39, 0.29) is 5.91 Å². The summed E-state index contributed by atoms with van der Waals surface area (Å²) in [6, 6.07) is 1.94. The Balaban J connectivity index is 1.44. The Morgan fingerprint density at radius 2 is 1.70 bits per heavy atom. The Kier molecular flexibility index (Phi) is 4.49. The lowest BCUT2D eigenvalue weighted by atomic mass is 10.2. The number of carbonyl (C=O) groups excluding carboxylic acids is 1. The number of amides is 1. The van der Waals surface area contributed by atoms with Crippen LogP contribution in [-0.2, 0) is 0 Å². The van der Waals surface area contributed by atoms with E-state index < -0.39 is 0 Å². The molecule has 1 aliphatic rings. The Morgan fingerprint density at radius 3 is 2.37 bits per heavy atom. The first-order valence-corrected chi connectivity index (χ1v) is 8.77. The van der Waals surface area contributed by atoms with E-state index in [1.165, 1.54) is 6.20 Å². The van der Waals surface area contributed by atoms with Gasteiger partial charge in [-0.1, -0.05) is 0 Å². The van der Waals surface area contributed by atoms with Gasteiger partial charge in [0.2, 0.25) is 0 Å². The van der Waals surface area contributed by atoms with Gasteiger partial charge in [-0.05, 0) is 13.8 Å². The van der Waals surface area contributed by atoms with Crippen LogP contribution in [-0.4, -0.2) is 66.5 Å². The average Bonchev–Trinajstić information content (AvgIpc) is 3.14. The molecule has 0 radical (unpaired) electrons. The van der Waals surface area contributed by atoms with Gasteiger partial charge in [0.05, 0.1) is 11.9 Å². The third-order valence-electron chi connectivity index (χ3n) is 4.60. The summed E-state index contributed by atoms with van der Waals surface area (Å²) in [4.78, 5) is 37.8. The zero-order valence-electron chi connectivity index (χ0n) is 15.3. The first-order valence-electron chi connectivity index (χ1n) is 8.77. The fourth-order valence-electron chi connectivity index (χ4n) is 3.07. The monoisotopic (exact) mass is 364 g/mol. The number of aryl methyl sites for hydroxylation is 2. The Morgan fingerprint density at radius 1 is 0.926 bits per heavy atom. The summed E-state index contributed by atoms with van der Waals surface area (Å²) >= 11 is 0. The number of aromatic nitrogens is 6. The number of rotatable bonds is 3. The molecule has 0 atom stereocenters. The van der Waals surface area contributed by atoms with Crippen LogP contribution in [0.2, 0.25) is 0 Å². The molecule has 138 valence electrons. The fourth-order valence-corrected chi connectivity index (χ4v) is 3.07. The molecule has 4 rings (SSSR count). The van der Waals surface area contributed by atoms with E-state index in [9.17, 15) is 4.79 Å².